The van der Waals surface area contributed by atoms with Crippen LogP contribution in [0.15, 0.2) is 36.4 Å². The zero-order chi connectivity index (χ0) is 13.8. The van der Waals surface area contributed by atoms with Gasteiger partial charge in [-0.1, -0.05) is 45.0 Å². The van der Waals surface area contributed by atoms with E-state index in [4.69, 9.17) is 0 Å². The van der Waals surface area contributed by atoms with E-state index in [0.717, 1.165) is 19.3 Å². The fourth-order valence-corrected chi connectivity index (χ4v) is 2.73. The molecule has 0 bridgehead atoms. The lowest BCUT2D eigenvalue weighted by Gasteiger charge is -2.17. The highest BCUT2D eigenvalue weighted by molar-refractivity contribution is 5.75. The maximum absolute atomic E-state index is 9.85. The van der Waals surface area contributed by atoms with Crippen molar-refractivity contribution in [3.8, 4) is 16.9 Å². The summed E-state index contributed by atoms with van der Waals surface area (Å²) >= 11 is 0. The van der Waals surface area contributed by atoms with Gasteiger partial charge in [0, 0.05) is 0 Å². The summed E-state index contributed by atoms with van der Waals surface area (Å²) in [5.41, 5.74) is 6.48. The average Bonchev–Trinajstić information content (AvgIpc) is 2.46. The number of phenols is 1. The van der Waals surface area contributed by atoms with Crippen molar-refractivity contribution in [2.45, 2.75) is 40.0 Å². The van der Waals surface area contributed by atoms with Gasteiger partial charge in [-0.15, -0.1) is 0 Å². The van der Waals surface area contributed by atoms with Crippen molar-refractivity contribution in [2.24, 2.45) is 0 Å². The molecule has 0 aliphatic rings. The van der Waals surface area contributed by atoms with E-state index in [2.05, 4.69) is 45.0 Å². The standard InChI is InChI=1S/C18H22O/c1-4-13-9-7-8-10-17(13)18-14(5-2)11-16(19)12-15(18)6-3/h7-12,19H,4-6H2,1-3H3. The van der Waals surface area contributed by atoms with Crippen LogP contribution in [-0.2, 0) is 19.3 Å². The summed E-state index contributed by atoms with van der Waals surface area (Å²) in [6, 6.07) is 12.4. The summed E-state index contributed by atoms with van der Waals surface area (Å²) in [4.78, 5) is 0. The van der Waals surface area contributed by atoms with Crippen LogP contribution in [0.25, 0.3) is 11.1 Å². The lowest BCUT2D eigenvalue weighted by atomic mass is 9.88. The third kappa shape index (κ3) is 2.65. The zero-order valence-electron chi connectivity index (χ0n) is 12.0. The minimum atomic E-state index is 0.381. The summed E-state index contributed by atoms with van der Waals surface area (Å²) in [5, 5.41) is 9.85. The van der Waals surface area contributed by atoms with Gasteiger partial charge in [-0.2, -0.15) is 0 Å². The summed E-state index contributed by atoms with van der Waals surface area (Å²) in [6.45, 7) is 6.48. The molecule has 0 aromatic heterocycles. The first-order chi connectivity index (χ1) is 9.21. The van der Waals surface area contributed by atoms with Crippen molar-refractivity contribution in [3.63, 3.8) is 0 Å². The molecule has 19 heavy (non-hydrogen) atoms. The third-order valence-electron chi connectivity index (χ3n) is 3.72. The SMILES string of the molecule is CCc1ccccc1-c1c(CC)cc(O)cc1CC. The number of benzene rings is 2. The molecule has 0 aliphatic heterocycles. The molecule has 1 heteroatoms. The van der Waals surface area contributed by atoms with Crippen LogP contribution in [0.4, 0.5) is 0 Å². The normalized spacial score (nSPS) is 10.7. The quantitative estimate of drug-likeness (QED) is 0.835. The number of aryl methyl sites for hydroxylation is 3. The third-order valence-corrected chi connectivity index (χ3v) is 3.72. The smallest absolute Gasteiger partial charge is 0.116 e. The Morgan fingerprint density at radius 2 is 1.32 bits per heavy atom. The van der Waals surface area contributed by atoms with E-state index in [1.54, 1.807) is 0 Å². The van der Waals surface area contributed by atoms with Crippen LogP contribution in [0.3, 0.4) is 0 Å². The van der Waals surface area contributed by atoms with Crippen LogP contribution < -0.4 is 0 Å². The number of rotatable bonds is 4. The zero-order valence-corrected chi connectivity index (χ0v) is 12.0. The van der Waals surface area contributed by atoms with E-state index in [1.807, 2.05) is 12.1 Å². The Kier molecular flexibility index (Phi) is 4.26. The monoisotopic (exact) mass is 254 g/mol. The molecule has 2 aromatic rings. The summed E-state index contributed by atoms with van der Waals surface area (Å²) in [6.07, 6.45) is 2.91. The van der Waals surface area contributed by atoms with Crippen LogP contribution in [0.2, 0.25) is 0 Å². The lowest BCUT2D eigenvalue weighted by molar-refractivity contribution is 0.474. The van der Waals surface area contributed by atoms with E-state index in [0.29, 0.717) is 5.75 Å². The van der Waals surface area contributed by atoms with Gasteiger partial charge in [-0.05, 0) is 59.2 Å². The maximum atomic E-state index is 9.85. The van der Waals surface area contributed by atoms with Gasteiger partial charge < -0.3 is 5.11 Å². The maximum Gasteiger partial charge on any atom is 0.116 e. The molecule has 0 atom stereocenters. The molecule has 0 fully saturated rings. The molecule has 2 rings (SSSR count). The van der Waals surface area contributed by atoms with Crippen LogP contribution in [0.1, 0.15) is 37.5 Å². The topological polar surface area (TPSA) is 20.2 Å². The first-order valence-electron chi connectivity index (χ1n) is 7.14. The first kappa shape index (κ1) is 13.7. The predicted molar refractivity (Wildman–Crippen MR) is 81.7 cm³/mol. The highest BCUT2D eigenvalue weighted by atomic mass is 16.3. The molecule has 0 spiro atoms. The van der Waals surface area contributed by atoms with Crippen molar-refractivity contribution in [1.82, 2.24) is 0 Å². The molecule has 1 nitrogen and oxygen atoms in total. The largest absolute Gasteiger partial charge is 0.508 e. The second-order valence-electron chi connectivity index (χ2n) is 4.86. The van der Waals surface area contributed by atoms with Crippen molar-refractivity contribution in [2.75, 3.05) is 0 Å². The van der Waals surface area contributed by atoms with Gasteiger partial charge in [0.15, 0.2) is 0 Å². The number of phenolic OH excluding ortho intramolecular Hbond substituents is 1. The van der Waals surface area contributed by atoms with Gasteiger partial charge in [-0.25, -0.2) is 0 Å². The minimum Gasteiger partial charge on any atom is -0.508 e. The Balaban J connectivity index is 2.73. The molecular formula is C18H22O. The van der Waals surface area contributed by atoms with Crippen LogP contribution in [0.5, 0.6) is 5.75 Å². The number of aromatic hydroxyl groups is 1. The molecule has 2 aromatic carbocycles. The molecule has 0 saturated heterocycles. The van der Waals surface area contributed by atoms with Crippen molar-refractivity contribution in [1.29, 1.82) is 0 Å². The molecule has 0 unspecified atom stereocenters. The molecule has 0 amide bonds. The minimum absolute atomic E-state index is 0.381. The van der Waals surface area contributed by atoms with Gasteiger partial charge in [0.05, 0.1) is 0 Å². The fraction of sp³-hybridized carbons (Fsp3) is 0.333. The summed E-state index contributed by atoms with van der Waals surface area (Å²) in [7, 11) is 0. The predicted octanol–water partition coefficient (Wildman–Crippen LogP) is 4.75. The molecule has 1 N–H and O–H groups in total. The fourth-order valence-electron chi connectivity index (χ4n) is 2.73. The Morgan fingerprint density at radius 3 is 1.84 bits per heavy atom. The lowest BCUT2D eigenvalue weighted by Crippen LogP contribution is -1.97. The highest BCUT2D eigenvalue weighted by Gasteiger charge is 2.13. The van der Waals surface area contributed by atoms with Crippen LogP contribution >= 0.6 is 0 Å². The van der Waals surface area contributed by atoms with E-state index < -0.39 is 0 Å². The summed E-state index contributed by atoms with van der Waals surface area (Å²) < 4.78 is 0. The van der Waals surface area contributed by atoms with Gasteiger partial charge in [0.2, 0.25) is 0 Å². The van der Waals surface area contributed by atoms with E-state index in [1.165, 1.54) is 27.8 Å². The van der Waals surface area contributed by atoms with E-state index in [9.17, 15) is 5.11 Å². The van der Waals surface area contributed by atoms with Gasteiger partial charge >= 0.3 is 0 Å². The first-order valence-corrected chi connectivity index (χ1v) is 7.14. The average molecular weight is 254 g/mol. The highest BCUT2D eigenvalue weighted by Crippen LogP contribution is 2.34. The summed E-state index contributed by atoms with van der Waals surface area (Å²) in [5.74, 6) is 0.381. The second-order valence-corrected chi connectivity index (χ2v) is 4.86. The number of hydrogen-bond donors (Lipinski definition) is 1. The number of hydrogen-bond acceptors (Lipinski definition) is 1. The molecule has 0 heterocycles. The molecule has 0 saturated carbocycles. The Bertz CT molecular complexity index is 545. The van der Waals surface area contributed by atoms with Crippen molar-refractivity contribution in [3.05, 3.63) is 53.1 Å². The molecule has 100 valence electrons. The van der Waals surface area contributed by atoms with Crippen molar-refractivity contribution >= 4 is 0 Å². The van der Waals surface area contributed by atoms with Crippen LogP contribution in [0, 0.1) is 0 Å². The molecule has 0 aliphatic carbocycles. The van der Waals surface area contributed by atoms with Gasteiger partial charge in [-0.3, -0.25) is 0 Å². The van der Waals surface area contributed by atoms with E-state index in [-0.39, 0.29) is 0 Å². The Hall–Kier alpha value is -1.76. The van der Waals surface area contributed by atoms with Crippen molar-refractivity contribution < 1.29 is 5.11 Å². The van der Waals surface area contributed by atoms with Gasteiger partial charge in [0.25, 0.3) is 0 Å². The van der Waals surface area contributed by atoms with E-state index >= 15 is 0 Å². The second kappa shape index (κ2) is 5.92. The Morgan fingerprint density at radius 1 is 0.789 bits per heavy atom. The van der Waals surface area contributed by atoms with Gasteiger partial charge in [0.1, 0.15) is 5.75 Å². The van der Waals surface area contributed by atoms with Crippen LogP contribution in [-0.4, -0.2) is 5.11 Å². The molecular weight excluding hydrogens is 232 g/mol. The Labute approximate surface area is 115 Å². The molecule has 0 radical (unpaired) electrons.